The molecule has 2 N–H and O–H groups in total. The van der Waals surface area contributed by atoms with E-state index in [0.717, 1.165) is 71.1 Å². The third kappa shape index (κ3) is 7.46. The van der Waals surface area contributed by atoms with Crippen LogP contribution in [0.1, 0.15) is 0 Å². The number of para-hydroxylation sites is 2. The number of hydrogen-bond donors (Lipinski definition) is 1. The lowest BCUT2D eigenvalue weighted by Gasteiger charge is -2.29. The van der Waals surface area contributed by atoms with Gasteiger partial charge >= 0.3 is 0 Å². The van der Waals surface area contributed by atoms with Crippen LogP contribution in [-0.4, -0.2) is 0 Å². The third-order valence-electron chi connectivity index (χ3n) is 13.7. The Kier molecular flexibility index (Phi) is 10.4. The van der Waals surface area contributed by atoms with Crippen LogP contribution in [-0.2, 0) is 0 Å². The molecule has 0 aliphatic carbocycles. The van der Waals surface area contributed by atoms with Crippen molar-refractivity contribution in [3.63, 3.8) is 0 Å². The first kappa shape index (κ1) is 42.2. The summed E-state index contributed by atoms with van der Waals surface area (Å²) in [6, 6.07) is 87.3. The van der Waals surface area contributed by atoms with Crippen LogP contribution in [0.4, 0.5) is 22.7 Å². The molecule has 0 radical (unpaired) electrons. The SMILES string of the molecule is Brc1cc2ccccc2c2ccccc12.Nc1ccc2c(c1)oc1ccccc12.c1ccc2c(c1)cc(N(c1ccc3c(c1)oc1ccccc13)c1cc3ccccc3c3ccccc13)c1ccccc12. The quantitative estimate of drug-likeness (QED) is 0.142. The van der Waals surface area contributed by atoms with Crippen LogP contribution < -0.4 is 10.6 Å². The maximum absolute atomic E-state index is 6.40. The van der Waals surface area contributed by atoms with Gasteiger partial charge in [0, 0.05) is 60.3 Å². The van der Waals surface area contributed by atoms with E-state index in [1.165, 1.54) is 64.6 Å². The molecule has 0 saturated heterocycles. The van der Waals surface area contributed by atoms with Crippen LogP contribution in [0.3, 0.4) is 0 Å². The van der Waals surface area contributed by atoms with E-state index in [1.54, 1.807) is 0 Å². The predicted molar refractivity (Wildman–Crippen MR) is 306 cm³/mol. The number of anilines is 4. The summed E-state index contributed by atoms with van der Waals surface area (Å²) in [7, 11) is 0. The fourth-order valence-electron chi connectivity index (χ4n) is 10.5. The smallest absolute Gasteiger partial charge is 0.137 e. The van der Waals surface area contributed by atoms with Crippen molar-refractivity contribution in [3.05, 3.63) is 253 Å². The molecule has 0 bridgehead atoms. The minimum Gasteiger partial charge on any atom is -0.456 e. The fraction of sp³-hybridized carbons (Fsp3) is 0. The van der Waals surface area contributed by atoms with Crippen molar-refractivity contribution in [2.75, 3.05) is 10.6 Å². The van der Waals surface area contributed by atoms with E-state index in [9.17, 15) is 0 Å². The molecule has 5 heteroatoms. The Morgan fingerprint density at radius 2 is 0.634 bits per heavy atom. The molecule has 0 amide bonds. The van der Waals surface area contributed by atoms with Crippen molar-refractivity contribution in [1.29, 1.82) is 0 Å². The van der Waals surface area contributed by atoms with Crippen LogP contribution in [0.25, 0.3) is 109 Å². The zero-order valence-corrected chi connectivity index (χ0v) is 40.0. The maximum atomic E-state index is 6.40. The monoisotopic (exact) mass is 974 g/mol. The third-order valence-corrected chi connectivity index (χ3v) is 14.4. The molecule has 2 heterocycles. The van der Waals surface area contributed by atoms with E-state index in [4.69, 9.17) is 14.6 Å². The molecule has 2 aromatic heterocycles. The van der Waals surface area contributed by atoms with Crippen molar-refractivity contribution in [2.24, 2.45) is 0 Å². The van der Waals surface area contributed by atoms with Crippen molar-refractivity contribution < 1.29 is 8.83 Å². The van der Waals surface area contributed by atoms with E-state index in [0.29, 0.717) is 0 Å². The molecule has 0 atom stereocenters. The van der Waals surface area contributed by atoms with Crippen molar-refractivity contribution >= 4 is 147 Å². The van der Waals surface area contributed by atoms with Crippen molar-refractivity contribution in [3.8, 4) is 0 Å². The Hall–Kier alpha value is -8.90. The Bertz CT molecular complexity index is 4410. The Labute approximate surface area is 417 Å². The normalized spacial score (nSPS) is 11.5. The highest BCUT2D eigenvalue weighted by atomic mass is 79.9. The van der Waals surface area contributed by atoms with Crippen LogP contribution in [0.5, 0.6) is 0 Å². The molecular weight excluding hydrogens is 933 g/mol. The minimum atomic E-state index is 0.733. The number of fused-ring (bicyclic) bond motifs is 15. The summed E-state index contributed by atoms with van der Waals surface area (Å²) >= 11 is 3.62. The number of nitrogen functional groups attached to an aromatic ring is 1. The highest BCUT2D eigenvalue weighted by Gasteiger charge is 2.22. The number of hydrogen-bond acceptors (Lipinski definition) is 4. The molecule has 0 spiro atoms. The van der Waals surface area contributed by atoms with E-state index < -0.39 is 0 Å². The number of nitrogens with zero attached hydrogens (tertiary/aromatic N) is 1. The molecule has 13 aromatic carbocycles. The van der Waals surface area contributed by atoms with Crippen molar-refractivity contribution in [2.45, 2.75) is 0 Å². The van der Waals surface area contributed by atoms with Gasteiger partial charge in [0.1, 0.15) is 22.3 Å². The van der Waals surface area contributed by atoms with Gasteiger partial charge in [-0.25, -0.2) is 0 Å². The molecule has 4 nitrogen and oxygen atoms in total. The summed E-state index contributed by atoms with van der Waals surface area (Å²) in [6.45, 7) is 0. The molecule has 71 heavy (non-hydrogen) atoms. The standard InChI is InChI=1S/C40H25NO.C14H9Br.C12H9NO/c1-3-13-29-26(11-1)23-37(33-17-7-5-15-31(29)33)41(28-21-22-36-35-19-9-10-20-39(35)42-40(36)25-28)38-24-27-12-2-4-14-30(27)32-16-6-8-18-34(32)38;15-14-9-10-5-1-2-6-11(10)12-7-3-4-8-13(12)14;13-8-5-6-10-9-3-1-2-4-11(9)14-12(10)7-8/h1-25H;1-9H;1-7H,13H2. The van der Waals surface area contributed by atoms with Gasteiger partial charge in [-0.3, -0.25) is 0 Å². The summed E-state index contributed by atoms with van der Waals surface area (Å²) in [4.78, 5) is 2.43. The zero-order valence-electron chi connectivity index (χ0n) is 38.4. The molecule has 0 saturated carbocycles. The molecule has 0 aliphatic heterocycles. The molecule has 0 aliphatic rings. The lowest BCUT2D eigenvalue weighted by atomic mass is 9.96. The molecule has 0 fully saturated rings. The lowest BCUT2D eigenvalue weighted by molar-refractivity contribution is 0.668. The summed E-state index contributed by atoms with van der Waals surface area (Å²) in [5.41, 5.74) is 13.3. The highest BCUT2D eigenvalue weighted by molar-refractivity contribution is 9.10. The fourth-order valence-corrected chi connectivity index (χ4v) is 11.0. The lowest BCUT2D eigenvalue weighted by Crippen LogP contribution is -2.11. The summed E-state index contributed by atoms with van der Waals surface area (Å²) in [5.74, 6) is 0. The number of nitrogens with two attached hydrogens (primary N) is 1. The molecule has 336 valence electrons. The van der Waals surface area contributed by atoms with Crippen LogP contribution >= 0.6 is 15.9 Å². The van der Waals surface area contributed by atoms with E-state index in [2.05, 4.69) is 221 Å². The molecule has 15 rings (SSSR count). The van der Waals surface area contributed by atoms with E-state index in [-0.39, 0.29) is 0 Å². The largest absolute Gasteiger partial charge is 0.456 e. The van der Waals surface area contributed by atoms with Gasteiger partial charge < -0.3 is 19.5 Å². The van der Waals surface area contributed by atoms with Gasteiger partial charge in [0.2, 0.25) is 0 Å². The minimum absolute atomic E-state index is 0.733. The Balaban J connectivity index is 0.000000137. The number of rotatable bonds is 3. The first-order chi connectivity index (χ1) is 35.0. The second-order valence-electron chi connectivity index (χ2n) is 17.9. The van der Waals surface area contributed by atoms with Gasteiger partial charge in [-0.15, -0.1) is 0 Å². The topological polar surface area (TPSA) is 55.5 Å². The highest BCUT2D eigenvalue weighted by Crippen LogP contribution is 2.47. The van der Waals surface area contributed by atoms with Gasteiger partial charge in [-0.2, -0.15) is 0 Å². The van der Waals surface area contributed by atoms with Gasteiger partial charge in [0.25, 0.3) is 0 Å². The second kappa shape index (κ2) is 17.6. The van der Waals surface area contributed by atoms with Gasteiger partial charge in [-0.05, 0) is 108 Å². The number of furan rings is 2. The predicted octanol–water partition coefficient (Wildman–Crippen LogP) is 19.6. The van der Waals surface area contributed by atoms with Gasteiger partial charge in [0.05, 0.1) is 11.4 Å². The van der Waals surface area contributed by atoms with E-state index in [1.807, 2.05) is 48.5 Å². The van der Waals surface area contributed by atoms with Crippen LogP contribution in [0.2, 0.25) is 0 Å². The van der Waals surface area contributed by atoms with Crippen molar-refractivity contribution in [1.82, 2.24) is 0 Å². The number of halogens is 1. The van der Waals surface area contributed by atoms with Gasteiger partial charge in [0.15, 0.2) is 0 Å². The second-order valence-corrected chi connectivity index (χ2v) is 18.8. The number of benzene rings is 13. The van der Waals surface area contributed by atoms with E-state index >= 15 is 0 Å². The Morgan fingerprint density at radius 3 is 1.14 bits per heavy atom. The average molecular weight is 976 g/mol. The summed E-state index contributed by atoms with van der Waals surface area (Å²) < 4.78 is 13.2. The van der Waals surface area contributed by atoms with Crippen LogP contribution in [0, 0.1) is 0 Å². The molecular formula is C66H43BrN2O2. The zero-order chi connectivity index (χ0) is 47.4. The molecule has 0 unspecified atom stereocenters. The summed E-state index contributed by atoms with van der Waals surface area (Å²) in [6.07, 6.45) is 0. The van der Waals surface area contributed by atoms with Crippen LogP contribution in [0.15, 0.2) is 262 Å². The van der Waals surface area contributed by atoms with Gasteiger partial charge in [-0.1, -0.05) is 198 Å². The summed E-state index contributed by atoms with van der Waals surface area (Å²) in [5, 5.41) is 19.5. The maximum Gasteiger partial charge on any atom is 0.137 e. The first-order valence-corrected chi connectivity index (χ1v) is 24.6. The Morgan fingerprint density at radius 1 is 0.282 bits per heavy atom. The average Bonchev–Trinajstić information content (AvgIpc) is 3.99. The molecule has 15 aromatic rings. The first-order valence-electron chi connectivity index (χ1n) is 23.8.